The second-order valence-corrected chi connectivity index (χ2v) is 7.42. The van der Waals surface area contributed by atoms with Gasteiger partial charge in [0, 0.05) is 41.5 Å². The van der Waals surface area contributed by atoms with Crippen LogP contribution in [0, 0.1) is 0 Å². The summed E-state index contributed by atoms with van der Waals surface area (Å²) in [6.07, 6.45) is 2.02. The number of halogens is 1. The highest BCUT2D eigenvalue weighted by Gasteiger charge is 2.27. The Labute approximate surface area is 158 Å². The molecule has 26 heavy (non-hydrogen) atoms. The van der Waals surface area contributed by atoms with Crippen LogP contribution in [0.4, 0.5) is 0 Å². The predicted molar refractivity (Wildman–Crippen MR) is 98.8 cm³/mol. The number of hydrogen-bond acceptors (Lipinski definition) is 5. The number of benzene rings is 1. The molecule has 1 aliphatic heterocycles. The number of nitrogens with zero attached hydrogens (tertiary/aromatic N) is 2. The van der Waals surface area contributed by atoms with E-state index in [0.29, 0.717) is 29.4 Å². The molecule has 2 aromatic heterocycles. The van der Waals surface area contributed by atoms with E-state index in [1.807, 2.05) is 24.3 Å². The molecular formula is C18H14ClN3O3S. The third kappa shape index (κ3) is 2.84. The SMILES string of the molecule is O=C(NO)c1cnc2c(c1)CN(C(=O)c1sc3ccccc3c1Cl)CC2. The molecular weight excluding hydrogens is 374 g/mol. The van der Waals surface area contributed by atoms with E-state index in [4.69, 9.17) is 16.8 Å². The minimum Gasteiger partial charge on any atom is -0.333 e. The highest BCUT2D eigenvalue weighted by atomic mass is 35.5. The summed E-state index contributed by atoms with van der Waals surface area (Å²) in [5.41, 5.74) is 3.49. The zero-order valence-electron chi connectivity index (χ0n) is 13.5. The fourth-order valence-electron chi connectivity index (χ4n) is 3.08. The number of hydroxylamine groups is 1. The number of fused-ring (bicyclic) bond motifs is 2. The van der Waals surface area contributed by atoms with Gasteiger partial charge in [-0.3, -0.25) is 19.8 Å². The Kier molecular flexibility index (Phi) is 4.36. The standard InChI is InChI=1S/C18H14ClN3O3S/c19-15-12-3-1-2-4-14(12)26-16(15)18(24)22-6-5-13-11(9-22)7-10(8-20-13)17(23)21-25/h1-4,7-8,25H,5-6,9H2,(H,21,23). The van der Waals surface area contributed by atoms with Crippen molar-refractivity contribution in [1.29, 1.82) is 0 Å². The molecule has 0 atom stereocenters. The number of nitrogens with one attached hydrogen (secondary N) is 1. The summed E-state index contributed by atoms with van der Waals surface area (Å²) in [6, 6.07) is 9.31. The normalized spacial score (nSPS) is 13.5. The van der Waals surface area contributed by atoms with Crippen LogP contribution in [-0.4, -0.2) is 33.5 Å². The maximum atomic E-state index is 13.0. The van der Waals surface area contributed by atoms with Crippen molar-refractivity contribution in [2.75, 3.05) is 6.54 Å². The van der Waals surface area contributed by atoms with Gasteiger partial charge in [0.1, 0.15) is 4.88 Å². The van der Waals surface area contributed by atoms with Gasteiger partial charge in [0.25, 0.3) is 11.8 Å². The lowest BCUT2D eigenvalue weighted by molar-refractivity contribution is 0.0705. The van der Waals surface area contributed by atoms with Gasteiger partial charge in [0.05, 0.1) is 10.6 Å². The van der Waals surface area contributed by atoms with Gasteiger partial charge in [-0.2, -0.15) is 0 Å². The Morgan fingerprint density at radius 1 is 1.31 bits per heavy atom. The highest BCUT2D eigenvalue weighted by molar-refractivity contribution is 7.21. The third-order valence-corrected chi connectivity index (χ3v) is 6.08. The lowest BCUT2D eigenvalue weighted by Gasteiger charge is -2.28. The van der Waals surface area contributed by atoms with Gasteiger partial charge >= 0.3 is 0 Å². The highest BCUT2D eigenvalue weighted by Crippen LogP contribution is 2.36. The molecule has 0 saturated heterocycles. The zero-order chi connectivity index (χ0) is 18.3. The number of hydrogen-bond donors (Lipinski definition) is 2. The second kappa shape index (κ2) is 6.68. The summed E-state index contributed by atoms with van der Waals surface area (Å²) in [7, 11) is 0. The largest absolute Gasteiger partial charge is 0.333 e. The van der Waals surface area contributed by atoms with Crippen molar-refractivity contribution in [3.8, 4) is 0 Å². The minimum atomic E-state index is -0.628. The van der Waals surface area contributed by atoms with Gasteiger partial charge < -0.3 is 4.90 Å². The third-order valence-electron chi connectivity index (χ3n) is 4.42. The van der Waals surface area contributed by atoms with Gasteiger partial charge in [-0.15, -0.1) is 11.3 Å². The van der Waals surface area contributed by atoms with Crippen molar-refractivity contribution in [3.63, 3.8) is 0 Å². The van der Waals surface area contributed by atoms with Crippen LogP contribution in [0.1, 0.15) is 31.3 Å². The average Bonchev–Trinajstić information content (AvgIpc) is 3.02. The van der Waals surface area contributed by atoms with Crippen LogP contribution in [0.2, 0.25) is 5.02 Å². The molecule has 3 aromatic rings. The molecule has 8 heteroatoms. The summed E-state index contributed by atoms with van der Waals surface area (Å²) in [5.74, 6) is -0.754. The number of aromatic nitrogens is 1. The monoisotopic (exact) mass is 387 g/mol. The van der Waals surface area contributed by atoms with Crippen LogP contribution in [-0.2, 0) is 13.0 Å². The van der Waals surface area contributed by atoms with E-state index in [2.05, 4.69) is 4.98 Å². The molecule has 4 rings (SSSR count). The van der Waals surface area contributed by atoms with Gasteiger partial charge in [-0.25, -0.2) is 5.48 Å². The molecule has 6 nitrogen and oxygen atoms in total. The summed E-state index contributed by atoms with van der Waals surface area (Å²) in [5, 5.41) is 10.1. The maximum Gasteiger partial charge on any atom is 0.276 e. The first kappa shape index (κ1) is 17.0. The van der Waals surface area contributed by atoms with Crippen LogP contribution in [0.5, 0.6) is 0 Å². The number of carbonyl (C=O) groups excluding carboxylic acids is 2. The van der Waals surface area contributed by atoms with E-state index in [1.54, 1.807) is 16.4 Å². The molecule has 0 bridgehead atoms. The van der Waals surface area contributed by atoms with Crippen LogP contribution in [0.3, 0.4) is 0 Å². The number of amides is 2. The number of carbonyl (C=O) groups is 2. The summed E-state index contributed by atoms with van der Waals surface area (Å²) in [4.78, 5) is 31.1. The Morgan fingerprint density at radius 2 is 2.12 bits per heavy atom. The predicted octanol–water partition coefficient (Wildman–Crippen LogP) is 3.27. The molecule has 1 aromatic carbocycles. The molecule has 1 aliphatic rings. The first-order chi connectivity index (χ1) is 12.6. The molecule has 3 heterocycles. The topological polar surface area (TPSA) is 82.5 Å². The van der Waals surface area contributed by atoms with E-state index in [9.17, 15) is 9.59 Å². The van der Waals surface area contributed by atoms with Gasteiger partial charge in [0.15, 0.2) is 0 Å². The molecule has 0 saturated carbocycles. The van der Waals surface area contributed by atoms with Crippen molar-refractivity contribution in [2.45, 2.75) is 13.0 Å². The molecule has 132 valence electrons. The zero-order valence-corrected chi connectivity index (χ0v) is 15.1. The summed E-state index contributed by atoms with van der Waals surface area (Å²) in [6.45, 7) is 0.882. The van der Waals surface area contributed by atoms with Crippen LogP contribution in [0.15, 0.2) is 36.5 Å². The molecule has 2 amide bonds. The van der Waals surface area contributed by atoms with Crippen molar-refractivity contribution < 1.29 is 14.8 Å². The van der Waals surface area contributed by atoms with E-state index in [0.717, 1.165) is 21.3 Å². The molecule has 0 unspecified atom stereocenters. The Balaban J connectivity index is 1.64. The molecule has 2 N–H and O–H groups in total. The fraction of sp³-hybridized carbons (Fsp3) is 0.167. The molecule has 0 spiro atoms. The number of pyridine rings is 1. The first-order valence-corrected chi connectivity index (χ1v) is 9.16. The summed E-state index contributed by atoms with van der Waals surface area (Å²) < 4.78 is 0.974. The van der Waals surface area contributed by atoms with E-state index < -0.39 is 5.91 Å². The maximum absolute atomic E-state index is 13.0. The number of thiophene rings is 1. The Bertz CT molecular complexity index is 1030. The quantitative estimate of drug-likeness (QED) is 0.522. The minimum absolute atomic E-state index is 0.126. The van der Waals surface area contributed by atoms with Crippen molar-refractivity contribution in [1.82, 2.24) is 15.4 Å². The van der Waals surface area contributed by atoms with Gasteiger partial charge in [-0.1, -0.05) is 29.8 Å². The molecule has 0 radical (unpaired) electrons. The molecule has 0 aliphatic carbocycles. The lowest BCUT2D eigenvalue weighted by atomic mass is 10.0. The van der Waals surface area contributed by atoms with E-state index >= 15 is 0 Å². The summed E-state index contributed by atoms with van der Waals surface area (Å²) >= 11 is 7.81. The van der Waals surface area contributed by atoms with Crippen molar-refractivity contribution in [3.05, 3.63) is 63.2 Å². The fourth-order valence-corrected chi connectivity index (χ4v) is 4.56. The first-order valence-electron chi connectivity index (χ1n) is 7.97. The van der Waals surface area contributed by atoms with Crippen molar-refractivity contribution >= 4 is 44.8 Å². The number of rotatable bonds is 2. The second-order valence-electron chi connectivity index (χ2n) is 5.99. The Hall–Kier alpha value is -2.48. The molecule has 0 fully saturated rings. The van der Waals surface area contributed by atoms with Crippen molar-refractivity contribution in [2.24, 2.45) is 0 Å². The van der Waals surface area contributed by atoms with E-state index in [1.165, 1.54) is 17.5 Å². The van der Waals surface area contributed by atoms with Gasteiger partial charge in [0.2, 0.25) is 0 Å². The average molecular weight is 388 g/mol. The van der Waals surface area contributed by atoms with Crippen LogP contribution in [0.25, 0.3) is 10.1 Å². The van der Waals surface area contributed by atoms with Crippen LogP contribution >= 0.6 is 22.9 Å². The lowest BCUT2D eigenvalue weighted by Crippen LogP contribution is -2.36. The Morgan fingerprint density at radius 3 is 2.88 bits per heavy atom. The van der Waals surface area contributed by atoms with E-state index in [-0.39, 0.29) is 11.5 Å². The van der Waals surface area contributed by atoms with Gasteiger partial charge in [-0.05, 0) is 17.7 Å². The van der Waals surface area contributed by atoms with Crippen LogP contribution < -0.4 is 5.48 Å². The smallest absolute Gasteiger partial charge is 0.276 e.